The third-order valence-corrected chi connectivity index (χ3v) is 2.45. The summed E-state index contributed by atoms with van der Waals surface area (Å²) < 4.78 is 26.5. The highest BCUT2D eigenvalue weighted by molar-refractivity contribution is 7.71. The van der Waals surface area contributed by atoms with E-state index in [9.17, 15) is 8.78 Å². The minimum atomic E-state index is -2.59. The summed E-state index contributed by atoms with van der Waals surface area (Å²) in [4.78, 5) is 8.29. The standard InChI is InChI=1S/C10H10F2N4S/c1-5-3-6(2)14-10(13-5)16-8(17)4-7(15-16)9(11)12/h3-4,9,15H,1-2H3. The first kappa shape index (κ1) is 11.8. The van der Waals surface area contributed by atoms with Gasteiger partial charge in [0.05, 0.1) is 0 Å². The van der Waals surface area contributed by atoms with E-state index in [-0.39, 0.29) is 16.3 Å². The van der Waals surface area contributed by atoms with Crippen LogP contribution in [-0.4, -0.2) is 19.7 Å². The third kappa shape index (κ3) is 2.38. The van der Waals surface area contributed by atoms with Crippen molar-refractivity contribution in [2.24, 2.45) is 0 Å². The number of nitrogens with zero attached hydrogens (tertiary/aromatic N) is 3. The maximum absolute atomic E-state index is 12.5. The Morgan fingerprint density at radius 3 is 2.29 bits per heavy atom. The number of aryl methyl sites for hydroxylation is 2. The highest BCUT2D eigenvalue weighted by Gasteiger charge is 2.13. The molecule has 0 aliphatic carbocycles. The number of nitrogens with one attached hydrogen (secondary N) is 1. The monoisotopic (exact) mass is 256 g/mol. The fourth-order valence-electron chi connectivity index (χ4n) is 1.48. The highest BCUT2D eigenvalue weighted by Crippen LogP contribution is 2.17. The molecule has 2 aromatic rings. The average Bonchev–Trinajstić information content (AvgIpc) is 2.59. The normalized spacial score (nSPS) is 11.1. The molecule has 90 valence electrons. The number of hydrogen-bond acceptors (Lipinski definition) is 3. The Morgan fingerprint density at radius 2 is 1.82 bits per heavy atom. The van der Waals surface area contributed by atoms with Gasteiger partial charge in [0.1, 0.15) is 10.3 Å². The molecule has 0 aliphatic heterocycles. The van der Waals surface area contributed by atoms with Gasteiger partial charge in [-0.1, -0.05) is 12.2 Å². The Morgan fingerprint density at radius 1 is 1.24 bits per heavy atom. The molecule has 0 spiro atoms. The first-order chi connectivity index (χ1) is 7.97. The van der Waals surface area contributed by atoms with Crippen molar-refractivity contribution in [3.63, 3.8) is 0 Å². The van der Waals surface area contributed by atoms with Crippen LogP contribution in [0, 0.1) is 18.5 Å². The Balaban J connectivity index is 2.56. The van der Waals surface area contributed by atoms with Crippen molar-refractivity contribution < 1.29 is 8.78 Å². The minimum absolute atomic E-state index is 0.227. The van der Waals surface area contributed by atoms with Gasteiger partial charge in [0, 0.05) is 17.5 Å². The van der Waals surface area contributed by atoms with Gasteiger partial charge in [-0.25, -0.2) is 23.4 Å². The predicted molar refractivity (Wildman–Crippen MR) is 61.0 cm³/mol. The van der Waals surface area contributed by atoms with Crippen molar-refractivity contribution in [2.45, 2.75) is 20.3 Å². The zero-order valence-corrected chi connectivity index (χ0v) is 10.1. The number of rotatable bonds is 2. The minimum Gasteiger partial charge on any atom is -0.289 e. The summed E-state index contributed by atoms with van der Waals surface area (Å²) in [5.41, 5.74) is 1.27. The molecule has 2 heterocycles. The molecule has 0 radical (unpaired) electrons. The first-order valence-corrected chi connectivity index (χ1v) is 5.31. The number of hydrogen-bond donors (Lipinski definition) is 1. The lowest BCUT2D eigenvalue weighted by Crippen LogP contribution is -2.05. The maximum atomic E-state index is 12.5. The molecule has 4 nitrogen and oxygen atoms in total. The van der Waals surface area contributed by atoms with Crippen LogP contribution >= 0.6 is 12.2 Å². The van der Waals surface area contributed by atoms with E-state index < -0.39 is 6.43 Å². The molecule has 0 aromatic carbocycles. The van der Waals surface area contributed by atoms with E-state index in [2.05, 4.69) is 15.1 Å². The van der Waals surface area contributed by atoms with Crippen LogP contribution in [0.1, 0.15) is 23.5 Å². The molecule has 0 atom stereocenters. The number of aromatic amines is 1. The zero-order valence-electron chi connectivity index (χ0n) is 9.24. The Hall–Kier alpha value is -1.63. The molecule has 7 heteroatoms. The summed E-state index contributed by atoms with van der Waals surface area (Å²) in [7, 11) is 0. The van der Waals surface area contributed by atoms with E-state index in [1.807, 2.05) is 0 Å². The highest BCUT2D eigenvalue weighted by atomic mass is 32.1. The van der Waals surface area contributed by atoms with Crippen LogP contribution in [0.2, 0.25) is 0 Å². The lowest BCUT2D eigenvalue weighted by Gasteiger charge is -2.03. The Bertz CT molecular complexity index is 582. The van der Waals surface area contributed by atoms with Crippen molar-refractivity contribution in [1.29, 1.82) is 0 Å². The van der Waals surface area contributed by atoms with E-state index >= 15 is 0 Å². The number of aromatic nitrogens is 4. The van der Waals surface area contributed by atoms with E-state index in [1.165, 1.54) is 10.7 Å². The van der Waals surface area contributed by atoms with E-state index in [0.29, 0.717) is 0 Å². The zero-order chi connectivity index (χ0) is 12.6. The molecule has 2 rings (SSSR count). The fraction of sp³-hybridized carbons (Fsp3) is 0.300. The second-order valence-electron chi connectivity index (χ2n) is 3.64. The second-order valence-corrected chi connectivity index (χ2v) is 4.05. The van der Waals surface area contributed by atoms with Gasteiger partial charge in [0.15, 0.2) is 0 Å². The van der Waals surface area contributed by atoms with Crippen LogP contribution in [0.4, 0.5) is 8.78 Å². The van der Waals surface area contributed by atoms with Crippen molar-refractivity contribution in [3.8, 4) is 5.95 Å². The molecule has 17 heavy (non-hydrogen) atoms. The molecule has 0 bridgehead atoms. The summed E-state index contributed by atoms with van der Waals surface area (Å²) >= 11 is 4.98. The second kappa shape index (κ2) is 4.33. The molecule has 1 N–H and O–H groups in total. The predicted octanol–water partition coefficient (Wildman–Crippen LogP) is 2.88. The molecule has 0 fully saturated rings. The molecule has 0 amide bonds. The Kier molecular flexibility index (Phi) is 3.01. The van der Waals surface area contributed by atoms with Crippen LogP contribution < -0.4 is 0 Å². The summed E-state index contributed by atoms with van der Waals surface area (Å²) in [6.07, 6.45) is -2.59. The van der Waals surface area contributed by atoms with E-state index in [0.717, 1.165) is 11.4 Å². The summed E-state index contributed by atoms with van der Waals surface area (Å²) in [6.45, 7) is 3.61. The summed E-state index contributed by atoms with van der Waals surface area (Å²) in [5, 5.41) is 2.49. The average molecular weight is 256 g/mol. The van der Waals surface area contributed by atoms with Gasteiger partial charge in [-0.15, -0.1) is 0 Å². The smallest absolute Gasteiger partial charge is 0.279 e. The number of halogens is 2. The third-order valence-electron chi connectivity index (χ3n) is 2.15. The molecule has 0 saturated heterocycles. The molecule has 0 aliphatic rings. The lowest BCUT2D eigenvalue weighted by atomic mass is 10.4. The van der Waals surface area contributed by atoms with Gasteiger partial charge in [0.25, 0.3) is 12.4 Å². The molecular formula is C10H10F2N4S. The van der Waals surface area contributed by atoms with E-state index in [4.69, 9.17) is 12.2 Å². The van der Waals surface area contributed by atoms with Gasteiger partial charge in [0.2, 0.25) is 0 Å². The largest absolute Gasteiger partial charge is 0.289 e. The lowest BCUT2D eigenvalue weighted by molar-refractivity contribution is 0.145. The quantitative estimate of drug-likeness (QED) is 0.840. The van der Waals surface area contributed by atoms with Crippen molar-refractivity contribution >= 4 is 12.2 Å². The van der Waals surface area contributed by atoms with Crippen LogP contribution in [0.3, 0.4) is 0 Å². The van der Waals surface area contributed by atoms with E-state index in [1.54, 1.807) is 19.9 Å². The topological polar surface area (TPSA) is 46.5 Å². The van der Waals surface area contributed by atoms with Crippen LogP contribution in [0.15, 0.2) is 12.1 Å². The summed E-state index contributed by atoms with van der Waals surface area (Å²) in [6, 6.07) is 3.01. The molecule has 0 saturated carbocycles. The fourth-order valence-corrected chi connectivity index (χ4v) is 1.74. The van der Waals surface area contributed by atoms with Gasteiger partial charge in [-0.3, -0.25) is 5.10 Å². The van der Waals surface area contributed by atoms with Gasteiger partial charge < -0.3 is 0 Å². The van der Waals surface area contributed by atoms with Crippen LogP contribution in [0.5, 0.6) is 0 Å². The Labute approximate surface area is 101 Å². The van der Waals surface area contributed by atoms with Gasteiger partial charge >= 0.3 is 0 Å². The van der Waals surface area contributed by atoms with Crippen LogP contribution in [0.25, 0.3) is 5.95 Å². The van der Waals surface area contributed by atoms with Gasteiger partial charge in [-0.2, -0.15) is 0 Å². The molecule has 2 aromatic heterocycles. The molecular weight excluding hydrogens is 246 g/mol. The van der Waals surface area contributed by atoms with Crippen molar-refractivity contribution in [3.05, 3.63) is 33.9 Å². The molecule has 0 unspecified atom stereocenters. The van der Waals surface area contributed by atoms with Crippen molar-refractivity contribution in [2.75, 3.05) is 0 Å². The maximum Gasteiger partial charge on any atom is 0.279 e. The number of alkyl halides is 2. The van der Waals surface area contributed by atoms with Crippen LogP contribution in [-0.2, 0) is 0 Å². The number of H-pyrrole nitrogens is 1. The van der Waals surface area contributed by atoms with Gasteiger partial charge in [-0.05, 0) is 19.9 Å². The summed E-state index contributed by atoms with van der Waals surface area (Å²) in [5.74, 6) is 0.277. The van der Waals surface area contributed by atoms with Crippen molar-refractivity contribution in [1.82, 2.24) is 19.7 Å². The SMILES string of the molecule is Cc1cc(C)nc(-n2[nH]c(C(F)F)cc2=S)n1. The first-order valence-electron chi connectivity index (χ1n) is 4.90.